The van der Waals surface area contributed by atoms with E-state index in [9.17, 15) is 58.8 Å². The Labute approximate surface area is 470 Å². The Hall–Kier alpha value is -8.08. The van der Waals surface area contributed by atoms with Gasteiger partial charge in [0.05, 0.1) is 31.0 Å². The fourth-order valence-corrected chi connectivity index (χ4v) is 10.2. The van der Waals surface area contributed by atoms with Crippen molar-refractivity contribution >= 4 is 47.4 Å². The zero-order valence-electron chi connectivity index (χ0n) is 46.1. The number of ether oxygens (including phenoxy) is 1. The van der Waals surface area contributed by atoms with Crippen molar-refractivity contribution in [3.63, 3.8) is 0 Å². The van der Waals surface area contributed by atoms with Crippen molar-refractivity contribution in [2.45, 2.75) is 139 Å². The molecule has 0 radical (unpaired) electrons. The molecule has 9 amide bonds. The molecule has 3 fully saturated rings. The van der Waals surface area contributed by atoms with Gasteiger partial charge in [-0.2, -0.15) is 0 Å². The molecular weight excluding hydrogens is 1040 g/mol. The van der Waals surface area contributed by atoms with Crippen LogP contribution >= 0.6 is 0 Å². The van der Waals surface area contributed by atoms with Crippen LogP contribution in [0.1, 0.15) is 88.1 Å². The number of aliphatic hydroxyl groups excluding tert-OH is 3. The summed E-state index contributed by atoms with van der Waals surface area (Å²) in [5.41, 5.74) is 4.55. The summed E-state index contributed by atoms with van der Waals surface area (Å²) < 4.78 is 5.86. The predicted molar refractivity (Wildman–Crippen MR) is 299 cm³/mol. The lowest BCUT2D eigenvalue weighted by Gasteiger charge is -2.32. The number of hydrogen-bond donors (Lipinski definition) is 11. The van der Waals surface area contributed by atoms with Crippen LogP contribution in [0, 0.1) is 0 Å². The second-order valence-electron chi connectivity index (χ2n) is 21.0. The van der Waals surface area contributed by atoms with Crippen LogP contribution in [0.25, 0.3) is 22.3 Å². The average molecular weight is 1120 g/mol. The number of nitrogens with one attached hydrogen (secondary N) is 7. The Morgan fingerprint density at radius 2 is 1.23 bits per heavy atom. The molecule has 10 atom stereocenters. The molecule has 0 spiro atoms. The number of benzene rings is 4. The fourth-order valence-electron chi connectivity index (χ4n) is 10.2. The minimum Gasteiger partial charge on any atom is -0.508 e. The molecule has 4 aromatic carbocycles. The number of rotatable bonds is 15. The van der Waals surface area contributed by atoms with E-state index in [4.69, 9.17) is 4.74 Å². The molecular formula is C59H75N9O13. The van der Waals surface area contributed by atoms with E-state index in [2.05, 4.69) is 44.1 Å². The first-order valence-corrected chi connectivity index (χ1v) is 27.7. The highest BCUT2D eigenvalue weighted by molar-refractivity contribution is 6.00. The molecule has 81 heavy (non-hydrogen) atoms. The van der Waals surface area contributed by atoms with Gasteiger partial charge in [0.25, 0.3) is 5.91 Å². The van der Waals surface area contributed by atoms with Crippen molar-refractivity contribution in [3.05, 3.63) is 108 Å². The summed E-state index contributed by atoms with van der Waals surface area (Å²) in [5.74, 6) is -5.05. The van der Waals surface area contributed by atoms with Crippen molar-refractivity contribution in [1.29, 1.82) is 0 Å². The lowest BCUT2D eigenvalue weighted by molar-refractivity contribution is -0.145. The van der Waals surface area contributed by atoms with E-state index in [1.54, 1.807) is 36.4 Å². The van der Waals surface area contributed by atoms with Gasteiger partial charge in [-0.15, -0.1) is 0 Å². The standard InChI is InChI=1S/C59H75N9O13/c1-5-6-7-29-81-45-25-21-40(22-26-45)38-15-13-37(14-16-38)39-17-19-41(20-18-39)52(73)63-46-9-8-28-61-55(76)48-30-42(62-59(80)60-4)32-67(48)57(78)50(34(2)69)66-54(75)47(27-12-36-10-23-43(71)24-11-36)64-56(77)49-31-44(72)33-68(49)58(79)51(35(3)70)65-53(46)74/h10-11,13-26,34-35,42,44,46-51,69-72H,5-9,12,27-33H2,1-4H3,(H,61,76)(H,63,73)(H,64,77)(H,65,74)(H,66,75)(H2,60,62,80)/t34?,35?,42-,44+,46-,47?,48?,49?,50?,51?/m0/s1. The highest BCUT2D eigenvalue weighted by Crippen LogP contribution is 2.28. The van der Waals surface area contributed by atoms with Gasteiger partial charge in [0.2, 0.25) is 35.4 Å². The Kier molecular flexibility index (Phi) is 21.2. The number of aromatic hydroxyl groups is 1. The summed E-state index contributed by atoms with van der Waals surface area (Å²) >= 11 is 0. The van der Waals surface area contributed by atoms with Crippen LogP contribution in [0.2, 0.25) is 0 Å². The molecule has 22 heteroatoms. The third-order valence-electron chi connectivity index (χ3n) is 14.9. The van der Waals surface area contributed by atoms with E-state index in [1.165, 1.54) is 33.0 Å². The van der Waals surface area contributed by atoms with Gasteiger partial charge >= 0.3 is 6.03 Å². The average Bonchev–Trinajstić information content (AvgIpc) is 4.13. The number of urea groups is 1. The van der Waals surface area contributed by atoms with E-state index in [-0.39, 0.29) is 62.9 Å². The number of nitrogens with zero attached hydrogens (tertiary/aromatic N) is 2. The summed E-state index contributed by atoms with van der Waals surface area (Å²) in [6.07, 6.45) is -1.54. The second-order valence-corrected chi connectivity index (χ2v) is 21.0. The minimum absolute atomic E-state index is 0.0125. The maximum absolute atomic E-state index is 14.5. The molecule has 3 heterocycles. The van der Waals surface area contributed by atoms with Gasteiger partial charge in [-0.1, -0.05) is 80.4 Å². The zero-order chi connectivity index (χ0) is 58.3. The van der Waals surface area contributed by atoms with Crippen LogP contribution in [0.5, 0.6) is 11.5 Å². The number of aryl methyl sites for hydroxylation is 1. The Morgan fingerprint density at radius 3 is 1.81 bits per heavy atom. The predicted octanol–water partition coefficient (Wildman–Crippen LogP) is 2.01. The SMILES string of the molecule is CCCCCOc1ccc(-c2ccc(-c3ccc(C(=O)N[C@H]4CCCNC(=O)C5C[C@H](NC(=O)NC)CN5C(=O)C(C(C)O)NC(=O)C(CCc5ccc(O)cc5)NC(=O)C5C[C@@H](O)CN5C(=O)C(C(C)O)NC4=O)cc3)cc2)cc1. The van der Waals surface area contributed by atoms with Gasteiger partial charge in [-0.3, -0.25) is 33.6 Å². The summed E-state index contributed by atoms with van der Waals surface area (Å²) in [4.78, 5) is 115. The first kappa shape index (κ1) is 60.6. The number of phenolic OH excluding ortho intramolecular Hbond substituents is 1. The molecule has 3 saturated heterocycles. The van der Waals surface area contributed by atoms with Crippen LogP contribution in [-0.4, -0.2) is 172 Å². The maximum atomic E-state index is 14.5. The lowest BCUT2D eigenvalue weighted by atomic mass is 9.99. The van der Waals surface area contributed by atoms with Crippen molar-refractivity contribution in [2.75, 3.05) is 33.3 Å². The normalized spacial score (nSPS) is 24.0. The molecule has 3 aliphatic rings. The number of aliphatic hydroxyl groups is 3. The van der Waals surface area contributed by atoms with Crippen molar-refractivity contribution in [2.24, 2.45) is 0 Å². The third-order valence-corrected chi connectivity index (χ3v) is 14.9. The molecule has 0 aromatic heterocycles. The summed E-state index contributed by atoms with van der Waals surface area (Å²) in [5, 5.41) is 61.4. The summed E-state index contributed by atoms with van der Waals surface area (Å²) in [7, 11) is 1.39. The number of hydrogen-bond acceptors (Lipinski definition) is 13. The van der Waals surface area contributed by atoms with E-state index < -0.39 is 115 Å². The van der Waals surface area contributed by atoms with Crippen LogP contribution in [0.4, 0.5) is 4.79 Å². The Morgan fingerprint density at radius 1 is 0.679 bits per heavy atom. The summed E-state index contributed by atoms with van der Waals surface area (Å²) in [6, 6.07) is 18.5. The highest BCUT2D eigenvalue weighted by atomic mass is 16.5. The molecule has 11 N–H and O–H groups in total. The first-order chi connectivity index (χ1) is 38.8. The highest BCUT2D eigenvalue weighted by Gasteiger charge is 2.46. The van der Waals surface area contributed by atoms with Crippen molar-refractivity contribution in [1.82, 2.24) is 47.0 Å². The van der Waals surface area contributed by atoms with E-state index in [0.717, 1.165) is 57.1 Å². The molecule has 0 saturated carbocycles. The second kappa shape index (κ2) is 28.4. The van der Waals surface area contributed by atoms with E-state index >= 15 is 0 Å². The molecule has 7 unspecified atom stereocenters. The van der Waals surface area contributed by atoms with E-state index in [0.29, 0.717) is 12.2 Å². The van der Waals surface area contributed by atoms with Gasteiger partial charge in [0, 0.05) is 38.7 Å². The minimum atomic E-state index is -1.71. The molecule has 0 aliphatic carbocycles. The number of amides is 9. The monoisotopic (exact) mass is 1120 g/mol. The van der Waals surface area contributed by atoms with Gasteiger partial charge in [-0.05, 0) is 117 Å². The van der Waals surface area contributed by atoms with Gasteiger partial charge in [0.15, 0.2) is 0 Å². The van der Waals surface area contributed by atoms with E-state index in [1.807, 2.05) is 48.5 Å². The maximum Gasteiger partial charge on any atom is 0.314 e. The van der Waals surface area contributed by atoms with Gasteiger partial charge in [0.1, 0.15) is 47.8 Å². The topological polar surface area (TPSA) is 317 Å². The van der Waals surface area contributed by atoms with Crippen LogP contribution in [0.3, 0.4) is 0 Å². The van der Waals surface area contributed by atoms with Crippen LogP contribution in [0.15, 0.2) is 97.1 Å². The van der Waals surface area contributed by atoms with Crippen LogP contribution in [-0.2, 0) is 35.2 Å². The first-order valence-electron chi connectivity index (χ1n) is 27.7. The fraction of sp³-hybridized carbons (Fsp3) is 0.458. The number of fused-ring (bicyclic) bond motifs is 2. The Bertz CT molecular complexity index is 2830. The molecule has 22 nitrogen and oxygen atoms in total. The number of phenols is 1. The molecule has 4 aromatic rings. The molecule has 434 valence electrons. The number of carbonyl (C=O) groups excluding carboxylic acids is 8. The quantitative estimate of drug-likeness (QED) is 0.0761. The van der Waals surface area contributed by atoms with Gasteiger partial charge in [-0.25, -0.2) is 4.79 Å². The Balaban J connectivity index is 1.14. The largest absolute Gasteiger partial charge is 0.508 e. The number of carbonyl (C=O) groups is 8. The molecule has 7 rings (SSSR count). The lowest BCUT2D eigenvalue weighted by Crippen LogP contribution is -2.61. The van der Waals surface area contributed by atoms with Crippen molar-refractivity contribution < 1.29 is 63.5 Å². The number of unbranched alkanes of at least 4 members (excludes halogenated alkanes) is 2. The molecule has 0 bridgehead atoms. The zero-order valence-corrected chi connectivity index (χ0v) is 46.1. The smallest absolute Gasteiger partial charge is 0.314 e. The van der Waals surface area contributed by atoms with Crippen LogP contribution < -0.4 is 42.0 Å². The van der Waals surface area contributed by atoms with Crippen molar-refractivity contribution in [3.8, 4) is 33.8 Å². The third kappa shape index (κ3) is 16.1. The molecule has 3 aliphatic heterocycles. The summed E-state index contributed by atoms with van der Waals surface area (Å²) in [6.45, 7) is 4.63. The van der Waals surface area contributed by atoms with Gasteiger partial charge < -0.3 is 72.2 Å².